The summed E-state index contributed by atoms with van der Waals surface area (Å²) in [5, 5.41) is 9.44. The van der Waals surface area contributed by atoms with Gasteiger partial charge in [0.25, 0.3) is 0 Å². The van der Waals surface area contributed by atoms with Crippen LogP contribution in [0.5, 0.6) is 0 Å². The number of nitrogens with zero attached hydrogens (tertiary/aromatic N) is 2. The second-order valence-electron chi connectivity index (χ2n) is 5.85. The molecule has 0 bridgehead atoms. The van der Waals surface area contributed by atoms with Crippen molar-refractivity contribution >= 4 is 5.82 Å². The highest BCUT2D eigenvalue weighted by Crippen LogP contribution is 2.40. The molecule has 28 heavy (non-hydrogen) atoms. The number of anilines is 1. The summed E-state index contributed by atoms with van der Waals surface area (Å²) in [6, 6.07) is 10.1. The number of hydrogen-bond donors (Lipinski definition) is 1. The second-order valence-corrected chi connectivity index (χ2v) is 5.85. The van der Waals surface area contributed by atoms with Gasteiger partial charge in [0.05, 0.1) is 11.3 Å². The largest absolute Gasteiger partial charge is 0.383 e. The molecule has 0 radical (unpaired) electrons. The molecule has 3 rings (SSSR count). The molecule has 2 aromatic carbocycles. The van der Waals surface area contributed by atoms with E-state index in [1.807, 2.05) is 0 Å². The number of hydrogen-bond acceptors (Lipinski definition) is 3. The maximum Gasteiger partial charge on any atom is 0.200 e. The third-order valence-electron chi connectivity index (χ3n) is 4.30. The fraction of sp³-hybridized carbons (Fsp3) is 0.100. The smallest absolute Gasteiger partial charge is 0.200 e. The van der Waals surface area contributed by atoms with Crippen molar-refractivity contribution in [2.45, 2.75) is 13.3 Å². The molecular formula is C20H12F5N3. The van der Waals surface area contributed by atoms with Gasteiger partial charge in [-0.15, -0.1) is 0 Å². The fourth-order valence-electron chi connectivity index (χ4n) is 3.03. The van der Waals surface area contributed by atoms with Crippen molar-refractivity contribution in [1.82, 2.24) is 4.98 Å². The highest BCUT2D eigenvalue weighted by Gasteiger charge is 2.31. The van der Waals surface area contributed by atoms with Gasteiger partial charge in [-0.2, -0.15) is 5.26 Å². The fourth-order valence-corrected chi connectivity index (χ4v) is 3.03. The van der Waals surface area contributed by atoms with Gasteiger partial charge in [0.2, 0.25) is 5.82 Å². The number of nitriles is 1. The zero-order chi connectivity index (χ0) is 20.6. The van der Waals surface area contributed by atoms with E-state index in [1.54, 1.807) is 43.3 Å². The molecule has 0 spiro atoms. The van der Waals surface area contributed by atoms with Crippen molar-refractivity contribution in [2.24, 2.45) is 0 Å². The third kappa shape index (κ3) is 2.85. The standard InChI is InChI=1S/C20H12F5N3/c1-2-10-12(13-14(21)16(23)18(25)17(24)15(13)22)11(8-26)20(27)28-19(10)9-6-4-3-5-7-9/h3-7H,2H2,1H3,(H2,27,28). The minimum atomic E-state index is -2.28. The SMILES string of the molecule is CCc1c(-c2ccccc2)nc(N)c(C#N)c1-c1c(F)c(F)c(F)c(F)c1F. The molecule has 0 aliphatic rings. The van der Waals surface area contributed by atoms with Gasteiger partial charge in [0.15, 0.2) is 23.3 Å². The number of aromatic nitrogens is 1. The predicted molar refractivity (Wildman–Crippen MR) is 93.4 cm³/mol. The Bertz CT molecular complexity index is 1090. The molecule has 0 fully saturated rings. The van der Waals surface area contributed by atoms with Crippen molar-refractivity contribution < 1.29 is 22.0 Å². The Hall–Kier alpha value is -3.47. The Morgan fingerprint density at radius 2 is 1.43 bits per heavy atom. The average Bonchev–Trinajstić information content (AvgIpc) is 2.71. The number of pyridine rings is 1. The van der Waals surface area contributed by atoms with Crippen molar-refractivity contribution in [2.75, 3.05) is 5.73 Å². The van der Waals surface area contributed by atoms with Crippen LogP contribution in [-0.4, -0.2) is 4.98 Å². The van der Waals surface area contributed by atoms with E-state index in [1.165, 1.54) is 0 Å². The van der Waals surface area contributed by atoms with Crippen LogP contribution in [0.4, 0.5) is 27.8 Å². The van der Waals surface area contributed by atoms with E-state index in [0.29, 0.717) is 5.56 Å². The third-order valence-corrected chi connectivity index (χ3v) is 4.30. The first-order chi connectivity index (χ1) is 13.3. The minimum absolute atomic E-state index is 0.0982. The van der Waals surface area contributed by atoms with E-state index < -0.39 is 45.8 Å². The van der Waals surface area contributed by atoms with Crippen LogP contribution in [0.25, 0.3) is 22.4 Å². The van der Waals surface area contributed by atoms with Gasteiger partial charge in [-0.05, 0) is 12.0 Å². The molecule has 3 aromatic rings. The maximum atomic E-state index is 14.5. The summed E-state index contributed by atoms with van der Waals surface area (Å²) in [5.74, 6) is -10.9. The van der Waals surface area contributed by atoms with E-state index in [9.17, 15) is 27.2 Å². The number of benzene rings is 2. The van der Waals surface area contributed by atoms with Gasteiger partial charge in [0, 0.05) is 11.1 Å². The lowest BCUT2D eigenvalue weighted by molar-refractivity contribution is 0.381. The Labute approximate surface area is 156 Å². The van der Waals surface area contributed by atoms with Crippen molar-refractivity contribution in [3.63, 3.8) is 0 Å². The molecule has 0 aliphatic carbocycles. The molecule has 1 aromatic heterocycles. The summed E-state index contributed by atoms with van der Waals surface area (Å²) >= 11 is 0. The van der Waals surface area contributed by atoms with Gasteiger partial charge >= 0.3 is 0 Å². The number of nitrogens with two attached hydrogens (primary N) is 1. The predicted octanol–water partition coefficient (Wildman–Crippen LogP) is 5.13. The van der Waals surface area contributed by atoms with Crippen LogP contribution < -0.4 is 5.73 Å². The van der Waals surface area contributed by atoms with Crippen molar-refractivity contribution in [3.8, 4) is 28.5 Å². The Balaban J connectivity index is 2.53. The van der Waals surface area contributed by atoms with E-state index in [4.69, 9.17) is 5.73 Å². The van der Waals surface area contributed by atoms with Crippen LogP contribution in [0, 0.1) is 40.4 Å². The highest BCUT2D eigenvalue weighted by atomic mass is 19.2. The first kappa shape index (κ1) is 19.3. The van der Waals surface area contributed by atoms with Gasteiger partial charge in [-0.1, -0.05) is 37.3 Å². The summed E-state index contributed by atoms with van der Waals surface area (Å²) in [6.07, 6.45) is 0.0982. The van der Waals surface area contributed by atoms with E-state index >= 15 is 0 Å². The Morgan fingerprint density at radius 1 is 0.893 bits per heavy atom. The van der Waals surface area contributed by atoms with Crippen LogP contribution >= 0.6 is 0 Å². The zero-order valence-electron chi connectivity index (χ0n) is 14.5. The number of nitrogen functional groups attached to an aromatic ring is 1. The molecule has 3 nitrogen and oxygen atoms in total. The summed E-state index contributed by atoms with van der Waals surface area (Å²) in [6.45, 7) is 1.61. The lowest BCUT2D eigenvalue weighted by Gasteiger charge is -2.18. The highest BCUT2D eigenvalue weighted by molar-refractivity contribution is 5.85. The van der Waals surface area contributed by atoms with Gasteiger partial charge in [0.1, 0.15) is 17.5 Å². The van der Waals surface area contributed by atoms with Crippen LogP contribution in [0.2, 0.25) is 0 Å². The molecule has 142 valence electrons. The summed E-state index contributed by atoms with van der Waals surface area (Å²) < 4.78 is 70.0. The summed E-state index contributed by atoms with van der Waals surface area (Å²) in [5.41, 5.74) is 4.53. The van der Waals surface area contributed by atoms with E-state index in [2.05, 4.69) is 4.98 Å². The molecule has 0 atom stereocenters. The molecule has 1 heterocycles. The van der Waals surface area contributed by atoms with Crippen LogP contribution in [0.3, 0.4) is 0 Å². The minimum Gasteiger partial charge on any atom is -0.383 e. The van der Waals surface area contributed by atoms with Crippen LogP contribution in [-0.2, 0) is 6.42 Å². The lowest BCUT2D eigenvalue weighted by Crippen LogP contribution is -2.10. The number of halogens is 5. The van der Waals surface area contributed by atoms with E-state index in [0.717, 1.165) is 0 Å². The molecular weight excluding hydrogens is 377 g/mol. The normalized spacial score (nSPS) is 10.8. The van der Waals surface area contributed by atoms with Crippen molar-refractivity contribution in [1.29, 1.82) is 5.26 Å². The average molecular weight is 389 g/mol. The molecule has 0 saturated carbocycles. The first-order valence-electron chi connectivity index (χ1n) is 8.13. The maximum absolute atomic E-state index is 14.5. The van der Waals surface area contributed by atoms with Gasteiger partial charge < -0.3 is 5.73 Å². The Morgan fingerprint density at radius 3 is 1.93 bits per heavy atom. The second kappa shape index (κ2) is 7.27. The molecule has 0 amide bonds. The quantitative estimate of drug-likeness (QED) is 0.384. The lowest BCUT2D eigenvalue weighted by atomic mass is 9.89. The van der Waals surface area contributed by atoms with Crippen LogP contribution in [0.1, 0.15) is 18.1 Å². The zero-order valence-corrected chi connectivity index (χ0v) is 14.5. The van der Waals surface area contributed by atoms with Crippen molar-refractivity contribution in [3.05, 3.63) is 70.5 Å². The number of rotatable bonds is 3. The first-order valence-corrected chi connectivity index (χ1v) is 8.13. The molecule has 2 N–H and O–H groups in total. The molecule has 0 saturated heterocycles. The topological polar surface area (TPSA) is 62.7 Å². The Kier molecular flexibility index (Phi) is 5.01. The van der Waals surface area contributed by atoms with Gasteiger partial charge in [-0.3, -0.25) is 0 Å². The van der Waals surface area contributed by atoms with Gasteiger partial charge in [-0.25, -0.2) is 26.9 Å². The monoisotopic (exact) mass is 389 g/mol. The molecule has 0 unspecified atom stereocenters. The summed E-state index contributed by atoms with van der Waals surface area (Å²) in [7, 11) is 0. The summed E-state index contributed by atoms with van der Waals surface area (Å²) in [4.78, 5) is 4.14. The van der Waals surface area contributed by atoms with Crippen LogP contribution in [0.15, 0.2) is 30.3 Å². The molecule has 0 aliphatic heterocycles. The van der Waals surface area contributed by atoms with E-state index in [-0.39, 0.29) is 23.5 Å². The molecule has 8 heteroatoms.